The molecule has 0 aliphatic carbocycles. The van der Waals surface area contributed by atoms with Gasteiger partial charge in [0.1, 0.15) is 6.10 Å². The summed E-state index contributed by atoms with van der Waals surface area (Å²) in [6.07, 6.45) is 2.25. The molecule has 2 heterocycles. The fourth-order valence-electron chi connectivity index (χ4n) is 2.08. The maximum absolute atomic E-state index is 11.9. The highest BCUT2D eigenvalue weighted by Crippen LogP contribution is 2.16. The monoisotopic (exact) mass is 273 g/mol. The van der Waals surface area contributed by atoms with Gasteiger partial charge in [0, 0.05) is 12.6 Å². The van der Waals surface area contributed by atoms with E-state index in [-0.39, 0.29) is 11.8 Å². The molecule has 1 unspecified atom stereocenters. The van der Waals surface area contributed by atoms with Gasteiger partial charge in [-0.2, -0.15) is 5.10 Å². The number of aromatic nitrogens is 2. The van der Waals surface area contributed by atoms with Crippen molar-refractivity contribution in [2.75, 3.05) is 18.9 Å². The average Bonchev–Trinajstić information content (AvgIpc) is 3.10. The van der Waals surface area contributed by atoms with E-state index in [0.29, 0.717) is 18.9 Å². The smallest absolute Gasteiger partial charge is 0.359 e. The molecule has 0 saturated carbocycles. The van der Waals surface area contributed by atoms with Crippen LogP contribution in [0, 0.1) is 0 Å². The molecule has 0 spiro atoms. The zero-order valence-electron chi connectivity index (χ0n) is 10.9. The van der Waals surface area contributed by atoms with E-state index in [2.05, 4.69) is 5.10 Å². The number of nitrogens with two attached hydrogens (primary N) is 1. The minimum absolute atomic E-state index is 0.172. The van der Waals surface area contributed by atoms with E-state index in [4.69, 9.17) is 15.2 Å². The molecule has 1 aromatic heterocycles. The molecule has 1 aliphatic heterocycles. The summed E-state index contributed by atoms with van der Waals surface area (Å²) in [5.41, 5.74) is 7.47. The Kier molecular flexibility index (Phi) is 3.39. The third kappa shape index (κ3) is 2.50. The van der Waals surface area contributed by atoms with Gasteiger partial charge in [0.15, 0.2) is 5.69 Å². The van der Waals surface area contributed by atoms with Crippen molar-refractivity contribution in [3.8, 4) is 5.69 Å². The second-order valence-electron chi connectivity index (χ2n) is 4.60. The van der Waals surface area contributed by atoms with Crippen molar-refractivity contribution in [3.63, 3.8) is 0 Å². The lowest BCUT2D eigenvalue weighted by atomic mass is 10.3. The number of nitrogens with zero attached hydrogens (tertiary/aromatic N) is 2. The number of ether oxygens (including phenoxy) is 2. The van der Waals surface area contributed by atoms with E-state index in [1.165, 1.54) is 0 Å². The summed E-state index contributed by atoms with van der Waals surface area (Å²) in [4.78, 5) is 11.9. The van der Waals surface area contributed by atoms with Crippen LogP contribution in [0.3, 0.4) is 0 Å². The summed E-state index contributed by atoms with van der Waals surface area (Å²) in [5, 5.41) is 4.20. The molecule has 1 aromatic carbocycles. The predicted octanol–water partition coefficient (Wildman–Crippen LogP) is 1.40. The van der Waals surface area contributed by atoms with E-state index in [1.54, 1.807) is 23.0 Å². The van der Waals surface area contributed by atoms with Crippen LogP contribution < -0.4 is 5.73 Å². The highest BCUT2D eigenvalue weighted by Gasteiger charge is 2.22. The minimum atomic E-state index is -0.436. The molecule has 104 valence electrons. The molecule has 0 bridgehead atoms. The standard InChI is InChI=1S/C14H15N3O3/c15-11-3-1-2-4-13(11)17-7-5-12(16-17)14(18)20-10-6-8-19-9-10/h1-5,7,10H,6,8-9,15H2. The number of carbonyl (C=O) groups is 1. The highest BCUT2D eigenvalue weighted by molar-refractivity contribution is 5.87. The van der Waals surface area contributed by atoms with Crippen LogP contribution in [0.2, 0.25) is 0 Å². The van der Waals surface area contributed by atoms with Gasteiger partial charge in [0.25, 0.3) is 0 Å². The zero-order chi connectivity index (χ0) is 13.9. The van der Waals surface area contributed by atoms with Crippen LogP contribution in [0.25, 0.3) is 5.69 Å². The molecule has 1 saturated heterocycles. The molecule has 3 rings (SSSR count). The number of carbonyl (C=O) groups excluding carboxylic acids is 1. The normalized spacial score (nSPS) is 18.1. The number of anilines is 1. The van der Waals surface area contributed by atoms with Gasteiger partial charge >= 0.3 is 5.97 Å². The van der Waals surface area contributed by atoms with Gasteiger partial charge in [-0.05, 0) is 18.2 Å². The Bertz CT molecular complexity index is 618. The van der Waals surface area contributed by atoms with E-state index in [9.17, 15) is 4.79 Å². The van der Waals surface area contributed by atoms with Gasteiger partial charge in [-0.1, -0.05) is 12.1 Å². The molecule has 20 heavy (non-hydrogen) atoms. The summed E-state index contributed by atoms with van der Waals surface area (Å²) in [5.74, 6) is -0.436. The number of hydrogen-bond acceptors (Lipinski definition) is 5. The summed E-state index contributed by atoms with van der Waals surface area (Å²) < 4.78 is 12.0. The molecule has 2 aromatic rings. The zero-order valence-corrected chi connectivity index (χ0v) is 10.9. The largest absolute Gasteiger partial charge is 0.455 e. The van der Waals surface area contributed by atoms with Crippen molar-refractivity contribution >= 4 is 11.7 Å². The van der Waals surface area contributed by atoms with E-state index in [1.807, 2.05) is 18.2 Å². The molecule has 1 fully saturated rings. The first kappa shape index (κ1) is 12.7. The first-order chi connectivity index (χ1) is 9.74. The Morgan fingerprint density at radius 3 is 3.00 bits per heavy atom. The summed E-state index contributed by atoms with van der Waals surface area (Å²) in [7, 11) is 0. The van der Waals surface area contributed by atoms with Crippen LogP contribution in [0.1, 0.15) is 16.9 Å². The third-order valence-corrected chi connectivity index (χ3v) is 3.14. The third-order valence-electron chi connectivity index (χ3n) is 3.14. The van der Waals surface area contributed by atoms with Gasteiger partial charge < -0.3 is 15.2 Å². The molecule has 0 amide bonds. The van der Waals surface area contributed by atoms with Gasteiger partial charge in [-0.25, -0.2) is 9.48 Å². The van der Waals surface area contributed by atoms with Crippen molar-refractivity contribution in [2.24, 2.45) is 0 Å². The Labute approximate surface area is 116 Å². The lowest BCUT2D eigenvalue weighted by molar-refractivity contribution is 0.0263. The number of para-hydroxylation sites is 2. The minimum Gasteiger partial charge on any atom is -0.455 e. The molecule has 6 nitrogen and oxygen atoms in total. The van der Waals surface area contributed by atoms with Crippen LogP contribution >= 0.6 is 0 Å². The van der Waals surface area contributed by atoms with Crippen LogP contribution in [-0.2, 0) is 9.47 Å². The van der Waals surface area contributed by atoms with Gasteiger partial charge in [0.05, 0.1) is 24.6 Å². The molecule has 1 aliphatic rings. The molecule has 2 N–H and O–H groups in total. The number of benzene rings is 1. The van der Waals surface area contributed by atoms with Crippen molar-refractivity contribution in [1.29, 1.82) is 0 Å². The molecule has 0 radical (unpaired) electrons. The van der Waals surface area contributed by atoms with Crippen molar-refractivity contribution in [1.82, 2.24) is 9.78 Å². The summed E-state index contributed by atoms with van der Waals surface area (Å²) in [6, 6.07) is 8.94. The second-order valence-corrected chi connectivity index (χ2v) is 4.60. The molecular weight excluding hydrogens is 258 g/mol. The van der Waals surface area contributed by atoms with Crippen LogP contribution in [0.15, 0.2) is 36.5 Å². The van der Waals surface area contributed by atoms with Crippen LogP contribution in [0.4, 0.5) is 5.69 Å². The number of esters is 1. The summed E-state index contributed by atoms with van der Waals surface area (Å²) in [6.45, 7) is 1.09. The maximum Gasteiger partial charge on any atom is 0.359 e. The molecular formula is C14H15N3O3. The van der Waals surface area contributed by atoms with E-state index in [0.717, 1.165) is 12.1 Å². The summed E-state index contributed by atoms with van der Waals surface area (Å²) >= 11 is 0. The van der Waals surface area contributed by atoms with Gasteiger partial charge in [-0.3, -0.25) is 0 Å². The number of hydrogen-bond donors (Lipinski definition) is 1. The fraction of sp³-hybridized carbons (Fsp3) is 0.286. The lowest BCUT2D eigenvalue weighted by Gasteiger charge is -2.08. The Morgan fingerprint density at radius 1 is 1.40 bits per heavy atom. The molecule has 1 atom stereocenters. The predicted molar refractivity (Wildman–Crippen MR) is 72.6 cm³/mol. The lowest BCUT2D eigenvalue weighted by Crippen LogP contribution is -2.18. The number of nitrogen functional groups attached to an aromatic ring is 1. The molecule has 6 heteroatoms. The van der Waals surface area contributed by atoms with Crippen molar-refractivity contribution in [3.05, 3.63) is 42.2 Å². The van der Waals surface area contributed by atoms with Gasteiger partial charge in [0.2, 0.25) is 0 Å². The van der Waals surface area contributed by atoms with Crippen molar-refractivity contribution < 1.29 is 14.3 Å². The average molecular weight is 273 g/mol. The first-order valence-corrected chi connectivity index (χ1v) is 6.43. The van der Waals surface area contributed by atoms with E-state index >= 15 is 0 Å². The van der Waals surface area contributed by atoms with Crippen molar-refractivity contribution in [2.45, 2.75) is 12.5 Å². The Morgan fingerprint density at radius 2 is 2.25 bits per heavy atom. The topological polar surface area (TPSA) is 79.4 Å². The quantitative estimate of drug-likeness (QED) is 0.675. The Hall–Kier alpha value is -2.34. The Balaban J connectivity index is 1.76. The van der Waals surface area contributed by atoms with Crippen LogP contribution in [-0.4, -0.2) is 35.1 Å². The SMILES string of the molecule is Nc1ccccc1-n1ccc(C(=O)OC2CCOC2)n1. The maximum atomic E-state index is 11.9. The van der Waals surface area contributed by atoms with Crippen LogP contribution in [0.5, 0.6) is 0 Å². The van der Waals surface area contributed by atoms with E-state index < -0.39 is 5.97 Å². The highest BCUT2D eigenvalue weighted by atomic mass is 16.6. The second kappa shape index (κ2) is 5.34. The van der Waals surface area contributed by atoms with Gasteiger partial charge in [-0.15, -0.1) is 0 Å². The fourth-order valence-corrected chi connectivity index (χ4v) is 2.08. The number of rotatable bonds is 3. The first-order valence-electron chi connectivity index (χ1n) is 6.43.